The number of hydrogen-bond donors (Lipinski definition) is 2. The first-order valence-corrected chi connectivity index (χ1v) is 4.73. The van der Waals surface area contributed by atoms with E-state index in [1.165, 1.54) is 0 Å². The molecule has 82 valence electrons. The second-order valence-corrected chi connectivity index (χ2v) is 2.89. The van der Waals surface area contributed by atoms with Crippen LogP contribution in [0.2, 0.25) is 0 Å². The van der Waals surface area contributed by atoms with Crippen LogP contribution in [0.3, 0.4) is 0 Å². The van der Waals surface area contributed by atoms with Crippen molar-refractivity contribution in [2.45, 2.75) is 6.42 Å². The second kappa shape index (κ2) is 6.78. The molecule has 1 heterocycles. The van der Waals surface area contributed by atoms with Crippen LogP contribution in [0, 0.1) is 0 Å². The summed E-state index contributed by atoms with van der Waals surface area (Å²) < 4.78 is 4.62. The molecule has 1 aromatic rings. The highest BCUT2D eigenvalue weighted by atomic mass is 16.6. The number of carbonyl (C=O) groups excluding carboxylic acids is 1. The maximum Gasteiger partial charge on any atom is 0.407 e. The average molecular weight is 210 g/mol. The maximum absolute atomic E-state index is 10.9. The number of pyridine rings is 1. The predicted octanol–water partition coefficient (Wildman–Crippen LogP) is 0.343. The van der Waals surface area contributed by atoms with Gasteiger partial charge in [-0.3, -0.25) is 4.98 Å². The minimum Gasteiger partial charge on any atom is -0.447 e. The summed E-state index contributed by atoms with van der Waals surface area (Å²) in [5.74, 6) is 0. The molecule has 1 amide bonds. The Morgan fingerprint density at radius 3 is 2.87 bits per heavy atom. The number of hydrogen-bond acceptors (Lipinski definition) is 4. The monoisotopic (exact) mass is 210 g/mol. The highest BCUT2D eigenvalue weighted by Gasteiger charge is 1.99. The first-order valence-electron chi connectivity index (χ1n) is 4.73. The zero-order valence-corrected chi connectivity index (χ0v) is 8.35. The molecule has 1 aromatic heterocycles. The Morgan fingerprint density at radius 2 is 2.20 bits per heavy atom. The number of rotatable bonds is 5. The molecule has 0 spiro atoms. The zero-order valence-electron chi connectivity index (χ0n) is 8.35. The fraction of sp³-hybridized carbons (Fsp3) is 0.400. The van der Waals surface area contributed by atoms with Gasteiger partial charge in [-0.1, -0.05) is 0 Å². The van der Waals surface area contributed by atoms with E-state index in [1.54, 1.807) is 12.4 Å². The molecule has 0 aromatic carbocycles. The molecule has 1 rings (SSSR count). The standard InChI is InChI=1S/C10H14N2O3/c13-7-8-15-10(14)12-6-3-9-1-4-11-5-2-9/h1-2,4-5,13H,3,6-8H2,(H,12,14). The van der Waals surface area contributed by atoms with Crippen molar-refractivity contribution in [3.63, 3.8) is 0 Å². The number of aromatic nitrogens is 1. The number of nitrogens with zero attached hydrogens (tertiary/aromatic N) is 1. The Morgan fingerprint density at radius 1 is 1.47 bits per heavy atom. The third-order valence-corrected chi connectivity index (χ3v) is 1.76. The molecule has 0 aliphatic carbocycles. The number of alkyl carbamates (subject to hydrolysis) is 1. The topological polar surface area (TPSA) is 71.5 Å². The van der Waals surface area contributed by atoms with Crippen molar-refractivity contribution in [3.8, 4) is 0 Å². The fourth-order valence-electron chi connectivity index (χ4n) is 1.05. The Labute approximate surface area is 88.1 Å². The van der Waals surface area contributed by atoms with Crippen LogP contribution in [-0.4, -0.2) is 35.9 Å². The van der Waals surface area contributed by atoms with Crippen LogP contribution >= 0.6 is 0 Å². The van der Waals surface area contributed by atoms with E-state index in [0.717, 1.165) is 12.0 Å². The molecule has 0 fully saturated rings. The van der Waals surface area contributed by atoms with Crippen molar-refractivity contribution in [1.29, 1.82) is 0 Å². The van der Waals surface area contributed by atoms with Gasteiger partial charge in [-0.05, 0) is 24.1 Å². The van der Waals surface area contributed by atoms with Crippen LogP contribution in [0.25, 0.3) is 0 Å². The van der Waals surface area contributed by atoms with Gasteiger partial charge in [-0.25, -0.2) is 4.79 Å². The van der Waals surface area contributed by atoms with Crippen LogP contribution in [0.5, 0.6) is 0 Å². The molecule has 5 heteroatoms. The van der Waals surface area contributed by atoms with Gasteiger partial charge >= 0.3 is 6.09 Å². The summed E-state index contributed by atoms with van der Waals surface area (Å²) in [5.41, 5.74) is 1.10. The Hall–Kier alpha value is -1.62. The summed E-state index contributed by atoms with van der Waals surface area (Å²) in [5, 5.41) is 11.0. The molecule has 0 bridgehead atoms. The van der Waals surface area contributed by atoms with Crippen molar-refractivity contribution in [2.24, 2.45) is 0 Å². The summed E-state index contributed by atoms with van der Waals surface area (Å²) in [7, 11) is 0. The maximum atomic E-state index is 10.9. The first-order chi connectivity index (χ1) is 7.33. The lowest BCUT2D eigenvalue weighted by Crippen LogP contribution is -2.27. The lowest BCUT2D eigenvalue weighted by molar-refractivity contribution is 0.119. The minimum absolute atomic E-state index is 0.0289. The highest BCUT2D eigenvalue weighted by Crippen LogP contribution is 1.95. The quantitative estimate of drug-likeness (QED) is 0.735. The summed E-state index contributed by atoms with van der Waals surface area (Å²) in [6.07, 6.45) is 3.65. The average Bonchev–Trinajstić information content (AvgIpc) is 2.28. The number of amides is 1. The summed E-state index contributed by atoms with van der Waals surface area (Å²) >= 11 is 0. The number of aliphatic hydroxyl groups excluding tert-OH is 1. The molecular weight excluding hydrogens is 196 g/mol. The van der Waals surface area contributed by atoms with Gasteiger partial charge in [-0.15, -0.1) is 0 Å². The van der Waals surface area contributed by atoms with E-state index in [9.17, 15) is 4.79 Å². The normalized spacial score (nSPS) is 9.67. The Balaban J connectivity index is 2.14. The summed E-state index contributed by atoms with van der Waals surface area (Å²) in [6.45, 7) is 0.382. The van der Waals surface area contributed by atoms with Crippen molar-refractivity contribution >= 4 is 6.09 Å². The van der Waals surface area contributed by atoms with Gasteiger partial charge in [0.15, 0.2) is 0 Å². The zero-order chi connectivity index (χ0) is 10.9. The third kappa shape index (κ3) is 4.97. The van der Waals surface area contributed by atoms with Gasteiger partial charge in [0, 0.05) is 18.9 Å². The third-order valence-electron chi connectivity index (χ3n) is 1.76. The summed E-state index contributed by atoms with van der Waals surface area (Å²) in [6, 6.07) is 3.78. The smallest absolute Gasteiger partial charge is 0.407 e. The van der Waals surface area contributed by atoms with Crippen molar-refractivity contribution in [2.75, 3.05) is 19.8 Å². The first kappa shape index (κ1) is 11.5. The van der Waals surface area contributed by atoms with Gasteiger partial charge in [0.1, 0.15) is 6.61 Å². The molecule has 0 aliphatic rings. The molecule has 0 unspecified atom stereocenters. The Bertz CT molecular complexity index is 290. The molecule has 0 radical (unpaired) electrons. The van der Waals surface area contributed by atoms with E-state index in [4.69, 9.17) is 5.11 Å². The van der Waals surface area contributed by atoms with E-state index in [-0.39, 0.29) is 13.2 Å². The van der Waals surface area contributed by atoms with Crippen LogP contribution in [0.4, 0.5) is 4.79 Å². The lowest BCUT2D eigenvalue weighted by atomic mass is 10.2. The minimum atomic E-state index is -0.502. The molecular formula is C10H14N2O3. The van der Waals surface area contributed by atoms with Crippen molar-refractivity contribution < 1.29 is 14.6 Å². The van der Waals surface area contributed by atoms with Crippen LogP contribution < -0.4 is 5.32 Å². The molecule has 15 heavy (non-hydrogen) atoms. The van der Waals surface area contributed by atoms with Crippen LogP contribution in [-0.2, 0) is 11.2 Å². The number of carbonyl (C=O) groups is 1. The van der Waals surface area contributed by atoms with E-state index in [1.807, 2.05) is 12.1 Å². The fourth-order valence-corrected chi connectivity index (χ4v) is 1.05. The highest BCUT2D eigenvalue weighted by molar-refractivity contribution is 5.67. The molecule has 2 N–H and O–H groups in total. The second-order valence-electron chi connectivity index (χ2n) is 2.89. The predicted molar refractivity (Wildman–Crippen MR) is 54.4 cm³/mol. The molecule has 5 nitrogen and oxygen atoms in total. The van der Waals surface area contributed by atoms with E-state index >= 15 is 0 Å². The number of ether oxygens (including phenoxy) is 1. The lowest BCUT2D eigenvalue weighted by Gasteiger charge is -2.05. The van der Waals surface area contributed by atoms with Crippen molar-refractivity contribution in [1.82, 2.24) is 10.3 Å². The Kier molecular flexibility index (Phi) is 5.18. The number of nitrogens with one attached hydrogen (secondary N) is 1. The van der Waals surface area contributed by atoms with E-state index in [2.05, 4.69) is 15.0 Å². The van der Waals surface area contributed by atoms with Gasteiger partial charge in [0.05, 0.1) is 6.61 Å². The van der Waals surface area contributed by atoms with Crippen LogP contribution in [0.15, 0.2) is 24.5 Å². The van der Waals surface area contributed by atoms with E-state index in [0.29, 0.717) is 6.54 Å². The molecule has 0 aliphatic heterocycles. The molecule has 0 saturated carbocycles. The molecule has 0 atom stereocenters. The van der Waals surface area contributed by atoms with Crippen molar-refractivity contribution in [3.05, 3.63) is 30.1 Å². The van der Waals surface area contributed by atoms with Gasteiger partial charge in [0.2, 0.25) is 0 Å². The van der Waals surface area contributed by atoms with Gasteiger partial charge in [0.25, 0.3) is 0 Å². The van der Waals surface area contributed by atoms with Gasteiger partial charge < -0.3 is 15.2 Å². The number of aliphatic hydroxyl groups is 1. The van der Waals surface area contributed by atoms with Gasteiger partial charge in [-0.2, -0.15) is 0 Å². The summed E-state index contributed by atoms with van der Waals surface area (Å²) in [4.78, 5) is 14.8. The molecule has 0 saturated heterocycles. The van der Waals surface area contributed by atoms with Crippen LogP contribution in [0.1, 0.15) is 5.56 Å². The van der Waals surface area contributed by atoms with E-state index < -0.39 is 6.09 Å². The largest absolute Gasteiger partial charge is 0.447 e. The SMILES string of the molecule is O=C(NCCc1ccncc1)OCCO.